The molecule has 1 N–H and O–H groups in total. The van der Waals surface area contributed by atoms with Crippen LogP contribution < -0.4 is 5.32 Å². The summed E-state index contributed by atoms with van der Waals surface area (Å²) in [7, 11) is 0. The maximum absolute atomic E-state index is 11.4. The summed E-state index contributed by atoms with van der Waals surface area (Å²) in [5.74, 6) is 0.505. The van der Waals surface area contributed by atoms with Crippen LogP contribution in [0.25, 0.3) is 22.5 Å². The van der Waals surface area contributed by atoms with Gasteiger partial charge in [0.1, 0.15) is 5.69 Å². The molecule has 1 aromatic carbocycles. The first kappa shape index (κ1) is 18.5. The number of anilines is 2. The highest BCUT2D eigenvalue weighted by molar-refractivity contribution is 5.94. The van der Waals surface area contributed by atoms with E-state index in [1.54, 1.807) is 37.6 Å². The van der Waals surface area contributed by atoms with Gasteiger partial charge in [-0.3, -0.25) is 14.5 Å². The molecule has 0 aliphatic heterocycles. The van der Waals surface area contributed by atoms with Gasteiger partial charge in [-0.15, -0.1) is 0 Å². The summed E-state index contributed by atoms with van der Waals surface area (Å²) < 4.78 is 1.88. The lowest BCUT2D eigenvalue weighted by Crippen LogP contribution is -1.99. The van der Waals surface area contributed by atoms with Crippen molar-refractivity contribution in [3.05, 3.63) is 72.8 Å². The van der Waals surface area contributed by atoms with Crippen LogP contribution in [0.1, 0.15) is 24.2 Å². The number of carbonyl (C=O) groups excluding carboxylic acids is 1. The van der Waals surface area contributed by atoms with Gasteiger partial charge in [-0.2, -0.15) is 5.10 Å². The van der Waals surface area contributed by atoms with E-state index in [0.29, 0.717) is 11.5 Å². The maximum Gasteiger partial charge on any atom is 0.227 e. The summed E-state index contributed by atoms with van der Waals surface area (Å²) in [5.41, 5.74) is 4.92. The van der Waals surface area contributed by atoms with E-state index in [9.17, 15) is 4.79 Å². The second-order valence-electron chi connectivity index (χ2n) is 6.51. The predicted molar refractivity (Wildman–Crippen MR) is 112 cm³/mol. The van der Waals surface area contributed by atoms with Crippen molar-refractivity contribution in [1.82, 2.24) is 24.7 Å². The minimum atomic E-state index is 0.0330. The molecular weight excluding hydrogens is 364 g/mol. The van der Waals surface area contributed by atoms with Crippen molar-refractivity contribution in [3.63, 3.8) is 0 Å². The van der Waals surface area contributed by atoms with Gasteiger partial charge in [0.25, 0.3) is 0 Å². The Labute approximate surface area is 168 Å². The lowest BCUT2D eigenvalue weighted by Gasteiger charge is -2.07. The molecule has 0 aliphatic rings. The van der Waals surface area contributed by atoms with E-state index in [4.69, 9.17) is 0 Å². The number of carbonyl (C=O) groups is 1. The summed E-state index contributed by atoms with van der Waals surface area (Å²) in [6.45, 7) is 4.35. The molecule has 4 rings (SSSR count). The van der Waals surface area contributed by atoms with Crippen LogP contribution in [-0.2, 0) is 6.54 Å². The molecule has 7 heteroatoms. The lowest BCUT2D eigenvalue weighted by molar-refractivity contribution is 0.101. The zero-order valence-electron chi connectivity index (χ0n) is 16.2. The normalized spacial score (nSPS) is 10.7. The fourth-order valence-electron chi connectivity index (χ4n) is 2.97. The van der Waals surface area contributed by atoms with Gasteiger partial charge in [-0.05, 0) is 56.3 Å². The molecular formula is C22H20N6O. The van der Waals surface area contributed by atoms with Crippen molar-refractivity contribution in [2.45, 2.75) is 20.4 Å². The van der Waals surface area contributed by atoms with Crippen LogP contribution in [-0.4, -0.2) is 30.5 Å². The van der Waals surface area contributed by atoms with Gasteiger partial charge in [0.2, 0.25) is 5.95 Å². The smallest absolute Gasteiger partial charge is 0.227 e. The minimum Gasteiger partial charge on any atom is -0.324 e. The molecule has 0 saturated carbocycles. The Balaban J connectivity index is 1.67. The number of benzene rings is 1. The Morgan fingerprint density at radius 3 is 2.62 bits per heavy atom. The van der Waals surface area contributed by atoms with Gasteiger partial charge in [0.05, 0.1) is 5.69 Å². The van der Waals surface area contributed by atoms with Crippen molar-refractivity contribution >= 4 is 17.4 Å². The standard InChI is InChI=1S/C22H20N6O/c1-3-28-14-19(21(27-28)17-5-4-11-23-13-17)20-10-12-24-22(26-20)25-18-8-6-16(7-9-18)15(2)29/h4-14H,3H2,1-2H3,(H,24,25,26). The molecule has 29 heavy (non-hydrogen) atoms. The highest BCUT2D eigenvalue weighted by Crippen LogP contribution is 2.30. The van der Waals surface area contributed by atoms with Crippen molar-refractivity contribution in [2.75, 3.05) is 5.32 Å². The molecule has 0 bridgehead atoms. The predicted octanol–water partition coefficient (Wildman–Crippen LogP) is 4.37. The van der Waals surface area contributed by atoms with Crippen LogP contribution in [0.2, 0.25) is 0 Å². The van der Waals surface area contributed by atoms with Gasteiger partial charge < -0.3 is 5.32 Å². The van der Waals surface area contributed by atoms with Crippen molar-refractivity contribution in [1.29, 1.82) is 0 Å². The summed E-state index contributed by atoms with van der Waals surface area (Å²) >= 11 is 0. The quantitative estimate of drug-likeness (QED) is 0.497. The Morgan fingerprint density at radius 2 is 1.93 bits per heavy atom. The summed E-state index contributed by atoms with van der Waals surface area (Å²) in [5, 5.41) is 7.87. The molecule has 0 saturated heterocycles. The number of aromatic nitrogens is 5. The van der Waals surface area contributed by atoms with Gasteiger partial charge >= 0.3 is 0 Å². The zero-order valence-corrected chi connectivity index (χ0v) is 16.2. The second-order valence-corrected chi connectivity index (χ2v) is 6.51. The third-order valence-electron chi connectivity index (χ3n) is 4.50. The molecule has 7 nitrogen and oxygen atoms in total. The molecule has 0 fully saturated rings. The molecule has 3 aromatic heterocycles. The number of nitrogens with zero attached hydrogens (tertiary/aromatic N) is 5. The number of ketones is 1. The molecule has 144 valence electrons. The van der Waals surface area contributed by atoms with Crippen LogP contribution in [0.5, 0.6) is 0 Å². The van der Waals surface area contributed by atoms with Gasteiger partial charge in [0, 0.05) is 53.7 Å². The van der Waals surface area contributed by atoms with Crippen LogP contribution in [0.4, 0.5) is 11.6 Å². The first-order chi connectivity index (χ1) is 14.1. The van der Waals surface area contributed by atoms with Crippen LogP contribution in [0.3, 0.4) is 0 Å². The Hall–Kier alpha value is -3.87. The van der Waals surface area contributed by atoms with Gasteiger partial charge in [-0.1, -0.05) is 0 Å². The zero-order chi connectivity index (χ0) is 20.2. The van der Waals surface area contributed by atoms with Crippen molar-refractivity contribution in [2.24, 2.45) is 0 Å². The highest BCUT2D eigenvalue weighted by Gasteiger charge is 2.15. The monoisotopic (exact) mass is 384 g/mol. The third kappa shape index (κ3) is 4.03. The summed E-state index contributed by atoms with van der Waals surface area (Å²) in [6.07, 6.45) is 7.23. The number of hydrogen-bond donors (Lipinski definition) is 1. The van der Waals surface area contributed by atoms with E-state index in [1.165, 1.54) is 0 Å². The Kier molecular flexibility index (Phi) is 5.11. The maximum atomic E-state index is 11.4. The Bertz CT molecular complexity index is 1140. The average Bonchev–Trinajstić information content (AvgIpc) is 3.20. The first-order valence-electron chi connectivity index (χ1n) is 9.33. The second kappa shape index (κ2) is 8.02. The number of rotatable bonds is 6. The summed E-state index contributed by atoms with van der Waals surface area (Å²) in [4.78, 5) is 24.6. The number of aryl methyl sites for hydroxylation is 1. The number of hydrogen-bond acceptors (Lipinski definition) is 6. The molecule has 0 spiro atoms. The Morgan fingerprint density at radius 1 is 1.10 bits per heavy atom. The van der Waals surface area contributed by atoms with Crippen LogP contribution in [0, 0.1) is 0 Å². The molecule has 0 aliphatic carbocycles. The minimum absolute atomic E-state index is 0.0330. The van der Waals surface area contributed by atoms with Gasteiger partial charge in [-0.25, -0.2) is 9.97 Å². The van der Waals surface area contributed by atoms with E-state index >= 15 is 0 Å². The van der Waals surface area contributed by atoms with Crippen molar-refractivity contribution < 1.29 is 4.79 Å². The van der Waals surface area contributed by atoms with Crippen molar-refractivity contribution in [3.8, 4) is 22.5 Å². The molecule has 0 radical (unpaired) electrons. The highest BCUT2D eigenvalue weighted by atomic mass is 16.1. The SMILES string of the molecule is CCn1cc(-c2ccnc(Nc3ccc(C(C)=O)cc3)n2)c(-c2cccnc2)n1. The molecule has 3 heterocycles. The van der Waals surface area contributed by atoms with E-state index in [2.05, 4.69) is 25.4 Å². The first-order valence-corrected chi connectivity index (χ1v) is 9.33. The largest absolute Gasteiger partial charge is 0.324 e. The fourth-order valence-corrected chi connectivity index (χ4v) is 2.97. The van der Waals surface area contributed by atoms with E-state index in [1.807, 2.05) is 48.1 Å². The van der Waals surface area contributed by atoms with E-state index in [0.717, 1.165) is 34.7 Å². The van der Waals surface area contributed by atoms with E-state index < -0.39 is 0 Å². The fraction of sp³-hybridized carbons (Fsp3) is 0.136. The molecule has 0 amide bonds. The average molecular weight is 384 g/mol. The summed E-state index contributed by atoms with van der Waals surface area (Å²) in [6, 6.07) is 13.0. The van der Waals surface area contributed by atoms with Crippen LogP contribution in [0.15, 0.2) is 67.3 Å². The third-order valence-corrected chi connectivity index (χ3v) is 4.50. The lowest BCUT2D eigenvalue weighted by atomic mass is 10.1. The molecule has 0 atom stereocenters. The van der Waals surface area contributed by atoms with Gasteiger partial charge in [0.15, 0.2) is 5.78 Å². The number of pyridine rings is 1. The molecule has 4 aromatic rings. The van der Waals surface area contributed by atoms with E-state index in [-0.39, 0.29) is 5.78 Å². The molecule has 0 unspecified atom stereocenters. The number of Topliss-reactive ketones (excluding diaryl/α,β-unsaturated/α-hetero) is 1. The van der Waals surface area contributed by atoms with Crippen LogP contribution >= 0.6 is 0 Å². The topological polar surface area (TPSA) is 85.6 Å². The number of nitrogens with one attached hydrogen (secondary N) is 1.